The Morgan fingerprint density at radius 3 is 2.06 bits per heavy atom. The molecule has 3 rings (SSSR count). The second-order valence-electron chi connectivity index (χ2n) is 8.39. The van der Waals surface area contributed by atoms with Gasteiger partial charge in [0.25, 0.3) is 0 Å². The summed E-state index contributed by atoms with van der Waals surface area (Å²) in [5.41, 5.74) is 3.51. The summed E-state index contributed by atoms with van der Waals surface area (Å²) in [7, 11) is 0. The number of rotatable bonds is 7. The first-order valence-electron chi connectivity index (χ1n) is 10.5. The molecular formula is C27H29NO3. The van der Waals surface area contributed by atoms with Crippen molar-refractivity contribution in [3.05, 3.63) is 89.5 Å². The molecule has 0 aliphatic carbocycles. The summed E-state index contributed by atoms with van der Waals surface area (Å²) in [6.45, 7) is 9.22. The smallest absolute Gasteiger partial charge is 0.343 e. The van der Waals surface area contributed by atoms with Crippen molar-refractivity contribution in [3.63, 3.8) is 0 Å². The third-order valence-corrected chi connectivity index (χ3v) is 4.75. The monoisotopic (exact) mass is 415 g/mol. The Morgan fingerprint density at radius 2 is 1.48 bits per heavy atom. The lowest BCUT2D eigenvalue weighted by Gasteiger charge is -2.18. The quantitative estimate of drug-likeness (QED) is 0.244. The van der Waals surface area contributed by atoms with Crippen molar-refractivity contribution in [2.75, 3.05) is 6.61 Å². The van der Waals surface area contributed by atoms with Crippen molar-refractivity contribution in [2.24, 2.45) is 4.99 Å². The minimum Gasteiger partial charge on any atom is -0.494 e. The molecular weight excluding hydrogens is 386 g/mol. The van der Waals surface area contributed by atoms with Crippen LogP contribution in [0.4, 0.5) is 5.69 Å². The van der Waals surface area contributed by atoms with Crippen LogP contribution < -0.4 is 9.47 Å². The number of carbonyl (C=O) groups excluding carboxylic acids is 1. The number of carbonyl (C=O) groups is 1. The Morgan fingerprint density at radius 1 is 0.871 bits per heavy atom. The van der Waals surface area contributed by atoms with Gasteiger partial charge < -0.3 is 9.47 Å². The van der Waals surface area contributed by atoms with Crippen LogP contribution in [0, 0.1) is 0 Å². The molecule has 0 bridgehead atoms. The molecule has 4 heteroatoms. The number of benzene rings is 3. The number of ether oxygens (including phenoxy) is 2. The molecule has 0 aliphatic rings. The number of hydrogen-bond donors (Lipinski definition) is 0. The summed E-state index contributed by atoms with van der Waals surface area (Å²) >= 11 is 0. The predicted octanol–water partition coefficient (Wildman–Crippen LogP) is 6.74. The Kier molecular flexibility index (Phi) is 7.24. The molecule has 160 valence electrons. The van der Waals surface area contributed by atoms with Gasteiger partial charge in [0.15, 0.2) is 0 Å². The molecule has 0 saturated carbocycles. The highest BCUT2D eigenvalue weighted by atomic mass is 16.5. The molecule has 0 aliphatic heterocycles. The Balaban J connectivity index is 1.58. The molecule has 0 atom stereocenters. The Labute approximate surface area is 184 Å². The molecule has 0 unspecified atom stereocenters. The summed E-state index contributed by atoms with van der Waals surface area (Å²) in [5.74, 6) is 0.974. The minimum absolute atomic E-state index is 0.0453. The van der Waals surface area contributed by atoms with Gasteiger partial charge in [0.2, 0.25) is 0 Å². The predicted molar refractivity (Wildman–Crippen MR) is 126 cm³/mol. The van der Waals surface area contributed by atoms with Crippen LogP contribution in [0.15, 0.2) is 77.8 Å². The van der Waals surface area contributed by atoms with E-state index in [-0.39, 0.29) is 11.4 Å². The average Bonchev–Trinajstić information content (AvgIpc) is 2.77. The summed E-state index contributed by atoms with van der Waals surface area (Å²) in [6.07, 6.45) is 2.78. The fourth-order valence-corrected chi connectivity index (χ4v) is 2.89. The summed E-state index contributed by atoms with van der Waals surface area (Å²) < 4.78 is 11.1. The fourth-order valence-electron chi connectivity index (χ4n) is 2.89. The maximum atomic E-state index is 12.4. The average molecular weight is 416 g/mol. The van der Waals surface area contributed by atoms with Crippen molar-refractivity contribution in [1.82, 2.24) is 0 Å². The summed E-state index contributed by atoms with van der Waals surface area (Å²) in [4.78, 5) is 16.9. The number of nitrogens with zero attached hydrogens (tertiary/aromatic N) is 1. The third-order valence-electron chi connectivity index (χ3n) is 4.75. The summed E-state index contributed by atoms with van der Waals surface area (Å²) in [5, 5.41) is 0. The molecule has 3 aromatic carbocycles. The van der Waals surface area contributed by atoms with E-state index >= 15 is 0 Å². The number of aliphatic imine (C=N–C) groups is 1. The lowest BCUT2D eigenvalue weighted by atomic mass is 9.87. The Hall–Kier alpha value is -3.40. The van der Waals surface area contributed by atoms with E-state index in [9.17, 15) is 4.79 Å². The molecule has 0 aromatic heterocycles. The van der Waals surface area contributed by atoms with Gasteiger partial charge in [-0.3, -0.25) is 4.99 Å². The van der Waals surface area contributed by atoms with E-state index < -0.39 is 0 Å². The molecule has 0 radical (unpaired) electrons. The standard InChI is InChI=1S/C27H29NO3/c1-5-18-30-24-14-6-20(7-15-24)19-28-23-12-16-25(17-13-23)31-26(29)21-8-10-22(11-9-21)27(2,3)4/h6-17,19H,5,18H2,1-4H3. The molecule has 0 spiro atoms. The zero-order valence-electron chi connectivity index (χ0n) is 18.6. The van der Waals surface area contributed by atoms with Crippen LogP contribution >= 0.6 is 0 Å². The van der Waals surface area contributed by atoms with Gasteiger partial charge in [-0.05, 0) is 83.6 Å². The third kappa shape index (κ3) is 6.54. The molecule has 0 amide bonds. The van der Waals surface area contributed by atoms with E-state index in [1.54, 1.807) is 30.5 Å². The minimum atomic E-state index is -0.373. The highest BCUT2D eigenvalue weighted by molar-refractivity contribution is 5.91. The molecule has 31 heavy (non-hydrogen) atoms. The highest BCUT2D eigenvalue weighted by Gasteiger charge is 2.15. The van der Waals surface area contributed by atoms with Gasteiger partial charge in [0.05, 0.1) is 17.9 Å². The Bertz CT molecular complexity index is 1010. The SMILES string of the molecule is CCCOc1ccc(C=Nc2ccc(OC(=O)c3ccc(C(C)(C)C)cc3)cc2)cc1. The van der Waals surface area contributed by atoms with Gasteiger partial charge in [0, 0.05) is 6.21 Å². The maximum absolute atomic E-state index is 12.4. The fraction of sp³-hybridized carbons (Fsp3) is 0.259. The van der Waals surface area contributed by atoms with Crippen LogP contribution in [0.3, 0.4) is 0 Å². The molecule has 0 heterocycles. The first-order valence-corrected chi connectivity index (χ1v) is 10.5. The van der Waals surface area contributed by atoms with Gasteiger partial charge in [0.1, 0.15) is 11.5 Å². The van der Waals surface area contributed by atoms with Crippen molar-refractivity contribution in [3.8, 4) is 11.5 Å². The van der Waals surface area contributed by atoms with Crippen LogP contribution in [0.25, 0.3) is 0 Å². The van der Waals surface area contributed by atoms with Gasteiger partial charge in [-0.2, -0.15) is 0 Å². The topological polar surface area (TPSA) is 47.9 Å². The zero-order valence-corrected chi connectivity index (χ0v) is 18.6. The molecule has 0 saturated heterocycles. The number of hydrogen-bond acceptors (Lipinski definition) is 4. The lowest BCUT2D eigenvalue weighted by molar-refractivity contribution is 0.0734. The van der Waals surface area contributed by atoms with E-state index in [1.807, 2.05) is 48.5 Å². The van der Waals surface area contributed by atoms with Crippen molar-refractivity contribution >= 4 is 17.9 Å². The van der Waals surface area contributed by atoms with E-state index in [2.05, 4.69) is 32.7 Å². The normalized spacial score (nSPS) is 11.5. The van der Waals surface area contributed by atoms with E-state index in [0.717, 1.165) is 23.4 Å². The van der Waals surface area contributed by atoms with Gasteiger partial charge in [-0.15, -0.1) is 0 Å². The zero-order chi connectivity index (χ0) is 22.3. The number of esters is 1. The van der Waals surface area contributed by atoms with Crippen LogP contribution in [-0.4, -0.2) is 18.8 Å². The van der Waals surface area contributed by atoms with Crippen molar-refractivity contribution in [1.29, 1.82) is 0 Å². The molecule has 0 N–H and O–H groups in total. The summed E-state index contributed by atoms with van der Waals surface area (Å²) in [6, 6.07) is 22.5. The van der Waals surface area contributed by atoms with Crippen molar-refractivity contribution in [2.45, 2.75) is 39.5 Å². The van der Waals surface area contributed by atoms with Crippen LogP contribution in [0.1, 0.15) is 55.6 Å². The second-order valence-corrected chi connectivity index (χ2v) is 8.39. The van der Waals surface area contributed by atoms with E-state index in [4.69, 9.17) is 9.47 Å². The highest BCUT2D eigenvalue weighted by Crippen LogP contribution is 2.23. The van der Waals surface area contributed by atoms with Gasteiger partial charge >= 0.3 is 5.97 Å². The lowest BCUT2D eigenvalue weighted by Crippen LogP contribution is -2.12. The second kappa shape index (κ2) is 10.1. The van der Waals surface area contributed by atoms with E-state index in [1.165, 1.54) is 5.56 Å². The van der Waals surface area contributed by atoms with Gasteiger partial charge in [-0.1, -0.05) is 39.8 Å². The largest absolute Gasteiger partial charge is 0.494 e. The first-order chi connectivity index (χ1) is 14.8. The van der Waals surface area contributed by atoms with Crippen LogP contribution in [0.2, 0.25) is 0 Å². The first kappa shape index (κ1) is 22.3. The van der Waals surface area contributed by atoms with Crippen LogP contribution in [0.5, 0.6) is 11.5 Å². The van der Waals surface area contributed by atoms with Gasteiger partial charge in [-0.25, -0.2) is 4.79 Å². The molecule has 3 aromatic rings. The maximum Gasteiger partial charge on any atom is 0.343 e. The van der Waals surface area contributed by atoms with Crippen LogP contribution in [-0.2, 0) is 5.41 Å². The van der Waals surface area contributed by atoms with Crippen molar-refractivity contribution < 1.29 is 14.3 Å². The molecule has 4 nitrogen and oxygen atoms in total. The molecule has 0 fully saturated rings. The van der Waals surface area contributed by atoms with E-state index in [0.29, 0.717) is 17.9 Å².